The van der Waals surface area contributed by atoms with Gasteiger partial charge in [0.2, 0.25) is 0 Å². The van der Waals surface area contributed by atoms with Crippen LogP contribution in [0.3, 0.4) is 0 Å². The molecule has 140 valence electrons. The van der Waals surface area contributed by atoms with Crippen LogP contribution in [-0.2, 0) is 16.1 Å². The Kier molecular flexibility index (Phi) is 5.69. The van der Waals surface area contributed by atoms with Gasteiger partial charge in [0.25, 0.3) is 5.91 Å². The predicted molar refractivity (Wildman–Crippen MR) is 108 cm³/mol. The highest BCUT2D eigenvalue weighted by Gasteiger charge is 2.15. The maximum atomic E-state index is 12.7. The van der Waals surface area contributed by atoms with Crippen LogP contribution in [-0.4, -0.2) is 23.6 Å². The summed E-state index contributed by atoms with van der Waals surface area (Å²) in [7, 11) is 1.32. The average Bonchev–Trinajstić information content (AvgIpc) is 2.94. The fourth-order valence-electron chi connectivity index (χ4n) is 2.75. The van der Waals surface area contributed by atoms with Gasteiger partial charge in [-0.05, 0) is 49.2 Å². The molecular formula is C19H16Cl2N2O3S. The van der Waals surface area contributed by atoms with Crippen LogP contribution in [0, 0.1) is 13.8 Å². The van der Waals surface area contributed by atoms with Crippen molar-refractivity contribution in [2.75, 3.05) is 7.11 Å². The zero-order valence-electron chi connectivity index (χ0n) is 14.9. The van der Waals surface area contributed by atoms with Crippen LogP contribution < -0.4 is 4.80 Å². The van der Waals surface area contributed by atoms with E-state index in [1.807, 2.05) is 26.0 Å². The molecule has 0 aliphatic rings. The number of methoxy groups -OCH3 is 1. The van der Waals surface area contributed by atoms with Crippen molar-refractivity contribution in [1.29, 1.82) is 0 Å². The molecule has 3 aromatic rings. The number of amides is 1. The molecule has 2 aromatic carbocycles. The topological polar surface area (TPSA) is 60.7 Å². The molecule has 1 heterocycles. The van der Waals surface area contributed by atoms with Crippen molar-refractivity contribution in [3.63, 3.8) is 0 Å². The smallest absolute Gasteiger partial charge is 0.325 e. The second-order valence-electron chi connectivity index (χ2n) is 6.02. The number of nitrogens with zero attached hydrogens (tertiary/aromatic N) is 2. The van der Waals surface area contributed by atoms with Gasteiger partial charge in [-0.2, -0.15) is 4.99 Å². The summed E-state index contributed by atoms with van der Waals surface area (Å²) in [5, 5.41) is 0.656. The van der Waals surface area contributed by atoms with Gasteiger partial charge in [-0.15, -0.1) is 0 Å². The molecule has 0 unspecified atom stereocenters. The number of carbonyl (C=O) groups is 2. The van der Waals surface area contributed by atoms with Crippen LogP contribution in [0.25, 0.3) is 10.2 Å². The normalized spacial score (nSPS) is 11.8. The molecule has 0 fully saturated rings. The van der Waals surface area contributed by atoms with Gasteiger partial charge in [0, 0.05) is 5.02 Å². The van der Waals surface area contributed by atoms with Gasteiger partial charge in [-0.25, -0.2) is 0 Å². The molecule has 0 aliphatic heterocycles. The molecule has 0 radical (unpaired) electrons. The maximum Gasteiger partial charge on any atom is 0.325 e. The number of hydrogen-bond donors (Lipinski definition) is 0. The summed E-state index contributed by atoms with van der Waals surface area (Å²) in [6.45, 7) is 3.91. The molecule has 3 rings (SSSR count). The summed E-state index contributed by atoms with van der Waals surface area (Å²) in [5.74, 6) is -0.953. The lowest BCUT2D eigenvalue weighted by atomic mass is 10.1. The molecule has 27 heavy (non-hydrogen) atoms. The predicted octanol–water partition coefficient (Wildman–Crippen LogP) is 4.54. The molecule has 0 saturated carbocycles. The van der Waals surface area contributed by atoms with Crippen molar-refractivity contribution < 1.29 is 14.3 Å². The molecule has 0 N–H and O–H groups in total. The molecule has 0 saturated heterocycles. The first-order chi connectivity index (χ1) is 12.8. The van der Waals surface area contributed by atoms with E-state index in [2.05, 4.69) is 4.99 Å². The molecule has 0 aliphatic carbocycles. The molecule has 1 aromatic heterocycles. The lowest BCUT2D eigenvalue weighted by Crippen LogP contribution is -2.22. The highest BCUT2D eigenvalue weighted by atomic mass is 35.5. The van der Waals surface area contributed by atoms with Crippen molar-refractivity contribution in [3.8, 4) is 0 Å². The fourth-order valence-corrected chi connectivity index (χ4v) is 4.20. The van der Waals surface area contributed by atoms with E-state index in [0.29, 0.717) is 9.82 Å². The third-order valence-corrected chi connectivity index (χ3v) is 5.78. The van der Waals surface area contributed by atoms with Crippen molar-refractivity contribution in [2.45, 2.75) is 20.4 Å². The highest BCUT2D eigenvalue weighted by molar-refractivity contribution is 7.16. The third kappa shape index (κ3) is 4.08. The molecular weight excluding hydrogens is 407 g/mol. The lowest BCUT2D eigenvalue weighted by molar-refractivity contribution is -0.141. The molecule has 0 spiro atoms. The van der Waals surface area contributed by atoms with Crippen LogP contribution in [0.2, 0.25) is 10.0 Å². The standard InChI is InChI=1S/C19H16Cl2N2O3S/c1-10-6-11(2)17-15(7-10)23(9-16(24)26-3)19(27-17)22-18(25)13-8-12(20)4-5-14(13)21/h4-8H,9H2,1-3H3. The Balaban J connectivity index is 2.23. The first-order valence-corrected chi connectivity index (χ1v) is 9.59. The molecule has 0 atom stereocenters. The van der Waals surface area contributed by atoms with Crippen LogP contribution in [0.4, 0.5) is 0 Å². The minimum atomic E-state index is -0.526. The van der Waals surface area contributed by atoms with E-state index >= 15 is 0 Å². The van der Waals surface area contributed by atoms with E-state index in [0.717, 1.165) is 21.3 Å². The zero-order valence-corrected chi connectivity index (χ0v) is 17.2. The Morgan fingerprint density at radius 2 is 1.93 bits per heavy atom. The Morgan fingerprint density at radius 1 is 1.19 bits per heavy atom. The summed E-state index contributed by atoms with van der Waals surface area (Å²) in [6.07, 6.45) is 0. The van der Waals surface area contributed by atoms with Crippen LogP contribution in [0.5, 0.6) is 0 Å². The van der Waals surface area contributed by atoms with Gasteiger partial charge in [0.15, 0.2) is 4.80 Å². The second kappa shape index (κ2) is 7.84. The number of ether oxygens (including phenoxy) is 1. The van der Waals surface area contributed by atoms with E-state index in [9.17, 15) is 9.59 Å². The van der Waals surface area contributed by atoms with E-state index < -0.39 is 11.9 Å². The number of carbonyl (C=O) groups excluding carboxylic acids is 2. The fraction of sp³-hybridized carbons (Fsp3) is 0.211. The SMILES string of the molecule is COC(=O)Cn1c(=NC(=O)c2cc(Cl)ccc2Cl)sc2c(C)cc(C)cc21. The van der Waals surface area contributed by atoms with Crippen LogP contribution in [0.1, 0.15) is 21.5 Å². The first kappa shape index (κ1) is 19.6. The minimum Gasteiger partial charge on any atom is -0.468 e. The zero-order chi connectivity index (χ0) is 19.7. The molecule has 1 amide bonds. The number of hydrogen-bond acceptors (Lipinski definition) is 4. The number of halogens is 2. The Hall–Kier alpha value is -2.15. The molecule has 0 bridgehead atoms. The van der Waals surface area contributed by atoms with Crippen molar-refractivity contribution >= 4 is 56.6 Å². The number of aryl methyl sites for hydroxylation is 2. The summed E-state index contributed by atoms with van der Waals surface area (Å²) >= 11 is 13.4. The van der Waals surface area contributed by atoms with Crippen molar-refractivity contribution in [3.05, 3.63) is 61.9 Å². The van der Waals surface area contributed by atoms with E-state index in [4.69, 9.17) is 27.9 Å². The quantitative estimate of drug-likeness (QED) is 0.581. The summed E-state index contributed by atoms with van der Waals surface area (Å²) in [4.78, 5) is 29.2. The second-order valence-corrected chi connectivity index (χ2v) is 7.84. The first-order valence-electron chi connectivity index (χ1n) is 8.01. The van der Waals surface area contributed by atoms with Gasteiger partial charge >= 0.3 is 5.97 Å². The number of esters is 1. The minimum absolute atomic E-state index is 0.0468. The monoisotopic (exact) mass is 422 g/mol. The Labute approximate surface area is 169 Å². The van der Waals surface area contributed by atoms with Crippen LogP contribution in [0.15, 0.2) is 35.3 Å². The Morgan fingerprint density at radius 3 is 2.63 bits per heavy atom. The number of benzene rings is 2. The number of thiazole rings is 1. The average molecular weight is 423 g/mol. The van der Waals surface area contributed by atoms with Gasteiger partial charge in [0.05, 0.1) is 27.9 Å². The van der Waals surface area contributed by atoms with Gasteiger partial charge in [0.1, 0.15) is 6.54 Å². The van der Waals surface area contributed by atoms with Crippen LogP contribution >= 0.6 is 34.5 Å². The van der Waals surface area contributed by atoms with Gasteiger partial charge < -0.3 is 9.30 Å². The van der Waals surface area contributed by atoms with Gasteiger partial charge in [-0.1, -0.05) is 40.6 Å². The summed E-state index contributed by atoms with van der Waals surface area (Å²) < 4.78 is 7.43. The largest absolute Gasteiger partial charge is 0.468 e. The highest BCUT2D eigenvalue weighted by Crippen LogP contribution is 2.24. The number of aromatic nitrogens is 1. The number of rotatable bonds is 3. The summed E-state index contributed by atoms with van der Waals surface area (Å²) in [6, 6.07) is 8.62. The van der Waals surface area contributed by atoms with E-state index in [1.165, 1.54) is 24.5 Å². The number of fused-ring (bicyclic) bond motifs is 1. The van der Waals surface area contributed by atoms with Gasteiger partial charge in [-0.3, -0.25) is 9.59 Å². The summed E-state index contributed by atoms with van der Waals surface area (Å²) in [5.41, 5.74) is 3.13. The lowest BCUT2D eigenvalue weighted by Gasteiger charge is -2.05. The van der Waals surface area contributed by atoms with Crippen molar-refractivity contribution in [1.82, 2.24) is 4.57 Å². The molecule has 8 heteroatoms. The maximum absolute atomic E-state index is 12.7. The Bertz CT molecular complexity index is 1130. The van der Waals surface area contributed by atoms with Crippen molar-refractivity contribution in [2.24, 2.45) is 4.99 Å². The third-order valence-electron chi connectivity index (χ3n) is 3.99. The van der Waals surface area contributed by atoms with E-state index in [-0.39, 0.29) is 17.1 Å². The molecule has 5 nitrogen and oxygen atoms in total. The van der Waals surface area contributed by atoms with E-state index in [1.54, 1.807) is 16.7 Å².